The molecule has 0 radical (unpaired) electrons. The Morgan fingerprint density at radius 1 is 1.30 bits per heavy atom. The van der Waals surface area contributed by atoms with Gasteiger partial charge in [0.15, 0.2) is 11.5 Å². The average Bonchev–Trinajstić information content (AvgIpc) is 2.90. The summed E-state index contributed by atoms with van der Waals surface area (Å²) in [6.45, 7) is 0.616. The number of aliphatic carboxylic acids is 1. The normalized spacial score (nSPS) is 19.9. The summed E-state index contributed by atoms with van der Waals surface area (Å²) < 4.78 is 25.4. The van der Waals surface area contributed by atoms with Crippen LogP contribution in [0.1, 0.15) is 31.2 Å². The first-order valence-corrected chi connectivity index (χ1v) is 6.95. The van der Waals surface area contributed by atoms with Gasteiger partial charge < -0.3 is 14.6 Å². The first-order chi connectivity index (χ1) is 9.56. The van der Waals surface area contributed by atoms with E-state index in [-0.39, 0.29) is 22.9 Å². The lowest BCUT2D eigenvalue weighted by atomic mass is 9.78. The van der Waals surface area contributed by atoms with Crippen molar-refractivity contribution in [2.45, 2.75) is 31.1 Å². The van der Waals surface area contributed by atoms with E-state index in [2.05, 4.69) is 0 Å². The number of hydrogen-bond donors (Lipinski definition) is 1. The van der Waals surface area contributed by atoms with Gasteiger partial charge in [-0.2, -0.15) is 0 Å². The molecule has 0 saturated heterocycles. The summed E-state index contributed by atoms with van der Waals surface area (Å²) in [5, 5.41) is 9.50. The Labute approximate surface area is 120 Å². The molecule has 2 aliphatic rings. The van der Waals surface area contributed by atoms with Crippen LogP contribution in [0.2, 0.25) is 5.02 Å². The fourth-order valence-electron chi connectivity index (χ4n) is 3.11. The molecule has 108 valence electrons. The van der Waals surface area contributed by atoms with Crippen molar-refractivity contribution in [3.05, 3.63) is 22.5 Å². The van der Waals surface area contributed by atoms with Gasteiger partial charge in [0, 0.05) is 6.07 Å². The molecule has 0 spiro atoms. The monoisotopic (exact) mass is 300 g/mol. The molecule has 1 aliphatic heterocycles. The molecule has 0 bridgehead atoms. The second kappa shape index (κ2) is 4.81. The zero-order chi connectivity index (χ0) is 14.3. The molecule has 0 atom stereocenters. The van der Waals surface area contributed by atoms with Gasteiger partial charge in [0.1, 0.15) is 19.0 Å². The van der Waals surface area contributed by atoms with Crippen molar-refractivity contribution in [2.24, 2.45) is 0 Å². The van der Waals surface area contributed by atoms with Gasteiger partial charge >= 0.3 is 5.97 Å². The average molecular weight is 301 g/mol. The Morgan fingerprint density at radius 3 is 2.60 bits per heavy atom. The lowest BCUT2D eigenvalue weighted by Crippen LogP contribution is -2.35. The zero-order valence-corrected chi connectivity index (χ0v) is 11.5. The van der Waals surface area contributed by atoms with Crippen LogP contribution in [0.3, 0.4) is 0 Å². The molecule has 1 aliphatic carbocycles. The van der Waals surface area contributed by atoms with Gasteiger partial charge in [-0.25, -0.2) is 4.39 Å². The SMILES string of the molecule is O=C(O)C1(c2c(F)c(Cl)cc3c2OCCO3)CCCC1. The summed E-state index contributed by atoms with van der Waals surface area (Å²) in [6.07, 6.45) is 2.26. The van der Waals surface area contributed by atoms with Crippen molar-refractivity contribution in [1.29, 1.82) is 0 Å². The van der Waals surface area contributed by atoms with Crippen molar-refractivity contribution in [1.82, 2.24) is 0 Å². The third-order valence-corrected chi connectivity index (χ3v) is 4.35. The molecule has 1 N–H and O–H groups in total. The summed E-state index contributed by atoms with van der Waals surface area (Å²) in [7, 11) is 0. The van der Waals surface area contributed by atoms with Crippen LogP contribution in [0, 0.1) is 5.82 Å². The number of carbonyl (C=O) groups is 1. The number of carboxylic acid groups (broad SMARTS) is 1. The molecule has 4 nitrogen and oxygen atoms in total. The van der Waals surface area contributed by atoms with Crippen LogP contribution in [0.5, 0.6) is 11.5 Å². The Hall–Kier alpha value is -1.49. The van der Waals surface area contributed by atoms with Crippen LogP contribution in [-0.4, -0.2) is 24.3 Å². The Kier molecular flexibility index (Phi) is 3.24. The molecule has 1 fully saturated rings. The molecule has 0 aromatic heterocycles. The lowest BCUT2D eigenvalue weighted by Gasteiger charge is -2.30. The van der Waals surface area contributed by atoms with Crippen LogP contribution in [-0.2, 0) is 10.2 Å². The fourth-order valence-corrected chi connectivity index (χ4v) is 3.30. The summed E-state index contributed by atoms with van der Waals surface area (Å²) >= 11 is 5.89. The topological polar surface area (TPSA) is 55.8 Å². The Morgan fingerprint density at radius 2 is 1.95 bits per heavy atom. The minimum Gasteiger partial charge on any atom is -0.486 e. The van der Waals surface area contributed by atoms with Crippen LogP contribution in [0.4, 0.5) is 4.39 Å². The van der Waals surface area contributed by atoms with Crippen molar-refractivity contribution in [3.63, 3.8) is 0 Å². The van der Waals surface area contributed by atoms with Gasteiger partial charge in [-0.1, -0.05) is 24.4 Å². The Balaban J connectivity index is 2.26. The second-order valence-electron chi connectivity index (χ2n) is 5.17. The number of halogens is 2. The van der Waals surface area contributed by atoms with E-state index in [1.807, 2.05) is 0 Å². The fraction of sp³-hybridized carbons (Fsp3) is 0.500. The molecule has 1 aromatic carbocycles. The maximum absolute atomic E-state index is 14.5. The molecular formula is C14H14ClFO4. The molecule has 1 heterocycles. The zero-order valence-electron chi connectivity index (χ0n) is 10.7. The molecule has 6 heteroatoms. The summed E-state index contributed by atoms with van der Waals surface area (Å²) in [6, 6.07) is 1.35. The standard InChI is InChI=1S/C14H14ClFO4/c15-8-7-9-12(20-6-5-19-9)10(11(8)16)14(13(17)18)3-1-2-4-14/h7H,1-6H2,(H,17,18). The minimum atomic E-state index is -1.26. The number of carboxylic acids is 1. The van der Waals surface area contributed by atoms with Gasteiger partial charge in [-0.15, -0.1) is 0 Å². The van der Waals surface area contributed by atoms with Crippen LogP contribution in [0.25, 0.3) is 0 Å². The van der Waals surface area contributed by atoms with E-state index in [4.69, 9.17) is 21.1 Å². The number of fused-ring (bicyclic) bond motifs is 1. The highest BCUT2D eigenvalue weighted by molar-refractivity contribution is 6.31. The molecular weight excluding hydrogens is 287 g/mol. The van der Waals surface area contributed by atoms with E-state index in [0.29, 0.717) is 25.2 Å². The quantitative estimate of drug-likeness (QED) is 0.911. The van der Waals surface area contributed by atoms with Crippen LogP contribution in [0.15, 0.2) is 6.07 Å². The highest BCUT2D eigenvalue weighted by Gasteiger charge is 2.48. The van der Waals surface area contributed by atoms with Gasteiger partial charge in [0.25, 0.3) is 0 Å². The molecule has 3 rings (SSSR count). The molecule has 0 unspecified atom stereocenters. The van der Waals surface area contributed by atoms with Crippen molar-refractivity contribution in [2.75, 3.05) is 13.2 Å². The second-order valence-corrected chi connectivity index (χ2v) is 5.57. The third-order valence-electron chi connectivity index (χ3n) is 4.07. The van der Waals surface area contributed by atoms with Gasteiger partial charge in [0.2, 0.25) is 0 Å². The predicted octanol–water partition coefficient (Wildman–Crippen LogP) is 3.15. The maximum Gasteiger partial charge on any atom is 0.314 e. The smallest absolute Gasteiger partial charge is 0.314 e. The highest BCUT2D eigenvalue weighted by Crippen LogP contribution is 2.51. The predicted molar refractivity (Wildman–Crippen MR) is 70.2 cm³/mol. The molecule has 20 heavy (non-hydrogen) atoms. The number of benzene rings is 1. The van der Waals surface area contributed by atoms with E-state index in [0.717, 1.165) is 12.8 Å². The van der Waals surface area contributed by atoms with E-state index in [1.54, 1.807) is 0 Å². The van der Waals surface area contributed by atoms with Crippen molar-refractivity contribution < 1.29 is 23.8 Å². The van der Waals surface area contributed by atoms with Gasteiger partial charge in [0.05, 0.1) is 16.0 Å². The maximum atomic E-state index is 14.5. The molecule has 1 saturated carbocycles. The molecule has 1 aromatic rings. The largest absolute Gasteiger partial charge is 0.486 e. The van der Waals surface area contributed by atoms with E-state index < -0.39 is 17.2 Å². The minimum absolute atomic E-state index is 0.0460. The van der Waals surface area contributed by atoms with E-state index >= 15 is 0 Å². The van der Waals surface area contributed by atoms with Crippen molar-refractivity contribution >= 4 is 17.6 Å². The number of rotatable bonds is 2. The van der Waals surface area contributed by atoms with Gasteiger partial charge in [-0.3, -0.25) is 4.79 Å². The summed E-state index contributed by atoms with van der Waals surface area (Å²) in [5.74, 6) is -1.22. The number of ether oxygens (including phenoxy) is 2. The summed E-state index contributed by atoms with van der Waals surface area (Å²) in [5.41, 5.74) is -1.22. The van der Waals surface area contributed by atoms with Crippen molar-refractivity contribution in [3.8, 4) is 11.5 Å². The first kappa shape index (κ1) is 13.5. The lowest BCUT2D eigenvalue weighted by molar-refractivity contribution is -0.143. The van der Waals surface area contributed by atoms with E-state index in [9.17, 15) is 14.3 Å². The first-order valence-electron chi connectivity index (χ1n) is 6.58. The summed E-state index contributed by atoms with van der Waals surface area (Å²) in [4.78, 5) is 11.8. The third kappa shape index (κ3) is 1.84. The van der Waals surface area contributed by atoms with E-state index in [1.165, 1.54) is 6.07 Å². The molecule has 0 amide bonds. The van der Waals surface area contributed by atoms with Gasteiger partial charge in [-0.05, 0) is 12.8 Å². The van der Waals surface area contributed by atoms with Crippen LogP contribution < -0.4 is 9.47 Å². The van der Waals surface area contributed by atoms with Crippen LogP contribution >= 0.6 is 11.6 Å². The highest BCUT2D eigenvalue weighted by atomic mass is 35.5. The number of hydrogen-bond acceptors (Lipinski definition) is 3. The Bertz CT molecular complexity index is 567.